The van der Waals surface area contributed by atoms with Crippen LogP contribution in [0.3, 0.4) is 0 Å². The van der Waals surface area contributed by atoms with Gasteiger partial charge in [0.25, 0.3) is 5.82 Å². The van der Waals surface area contributed by atoms with Crippen molar-refractivity contribution in [3.63, 3.8) is 0 Å². The van der Waals surface area contributed by atoms with Gasteiger partial charge in [-0.05, 0) is 11.0 Å². The van der Waals surface area contributed by atoms with Gasteiger partial charge in [0.05, 0.1) is 13.1 Å². The minimum absolute atomic E-state index is 0.104. The molecule has 0 atom stereocenters. The third-order valence-corrected chi connectivity index (χ3v) is 2.14. The number of nitro groups is 2. The third kappa shape index (κ3) is 1.73. The molecule has 9 heteroatoms. The normalized spacial score (nSPS) is 10.4. The minimum Gasteiger partial charge on any atom is -0.395 e. The SMILES string of the molecule is Cn1c([N+](=O)[O-])cnc1-c1ccc([N+](=O)[O-])o1. The van der Waals surface area contributed by atoms with Gasteiger partial charge < -0.3 is 14.5 Å². The van der Waals surface area contributed by atoms with Gasteiger partial charge in [0.15, 0.2) is 0 Å². The Labute approximate surface area is 93.6 Å². The number of rotatable bonds is 3. The fourth-order valence-electron chi connectivity index (χ4n) is 1.35. The topological polar surface area (TPSA) is 117 Å². The number of hydrogen-bond acceptors (Lipinski definition) is 6. The molecule has 2 aromatic rings. The molecule has 0 amide bonds. The second-order valence-electron chi connectivity index (χ2n) is 3.15. The van der Waals surface area contributed by atoms with Gasteiger partial charge >= 0.3 is 11.7 Å². The zero-order valence-electron chi connectivity index (χ0n) is 8.56. The molecule has 2 heterocycles. The van der Waals surface area contributed by atoms with E-state index in [0.717, 1.165) is 12.3 Å². The fraction of sp³-hybridized carbons (Fsp3) is 0.125. The third-order valence-electron chi connectivity index (χ3n) is 2.14. The molecule has 0 aliphatic heterocycles. The highest BCUT2D eigenvalue weighted by Crippen LogP contribution is 2.27. The Morgan fingerprint density at radius 1 is 1.29 bits per heavy atom. The standard InChI is InChI=1S/C8H6N4O5/c1-10-6(11(13)14)4-9-8(10)5-2-3-7(17-5)12(15)16/h2-4H,1H3. The lowest BCUT2D eigenvalue weighted by Crippen LogP contribution is -1.98. The summed E-state index contributed by atoms with van der Waals surface area (Å²) in [6.07, 6.45) is 1.06. The van der Waals surface area contributed by atoms with Crippen LogP contribution in [0.4, 0.5) is 11.7 Å². The lowest BCUT2D eigenvalue weighted by Gasteiger charge is -1.94. The molecular weight excluding hydrogens is 232 g/mol. The average molecular weight is 238 g/mol. The van der Waals surface area contributed by atoms with E-state index < -0.39 is 15.7 Å². The van der Waals surface area contributed by atoms with Crippen LogP contribution in [0.25, 0.3) is 11.6 Å². The minimum atomic E-state index is -0.694. The first-order valence-corrected chi connectivity index (χ1v) is 4.41. The molecule has 0 spiro atoms. The van der Waals surface area contributed by atoms with E-state index in [1.54, 1.807) is 0 Å². The summed E-state index contributed by atoms with van der Waals surface area (Å²) in [5, 5.41) is 21.0. The van der Waals surface area contributed by atoms with Gasteiger partial charge in [-0.2, -0.15) is 0 Å². The van der Waals surface area contributed by atoms with Crippen LogP contribution in [0.1, 0.15) is 0 Å². The molecule has 0 saturated carbocycles. The second-order valence-corrected chi connectivity index (χ2v) is 3.15. The molecular formula is C8H6N4O5. The molecule has 0 radical (unpaired) electrons. The summed E-state index contributed by atoms with van der Waals surface area (Å²) >= 11 is 0. The van der Waals surface area contributed by atoms with E-state index in [-0.39, 0.29) is 17.4 Å². The van der Waals surface area contributed by atoms with E-state index in [2.05, 4.69) is 4.98 Å². The Hall–Kier alpha value is -2.71. The quantitative estimate of drug-likeness (QED) is 0.590. The Morgan fingerprint density at radius 2 is 2.00 bits per heavy atom. The summed E-state index contributed by atoms with van der Waals surface area (Å²) in [5.41, 5.74) is 0. The van der Waals surface area contributed by atoms with E-state index in [9.17, 15) is 20.2 Å². The molecule has 0 unspecified atom stereocenters. The molecule has 9 nitrogen and oxygen atoms in total. The van der Waals surface area contributed by atoms with Crippen LogP contribution in [-0.2, 0) is 7.05 Å². The smallest absolute Gasteiger partial charge is 0.395 e. The van der Waals surface area contributed by atoms with Crippen molar-refractivity contribution in [2.45, 2.75) is 0 Å². The molecule has 0 saturated heterocycles. The summed E-state index contributed by atoms with van der Waals surface area (Å²) < 4.78 is 6.08. The second kappa shape index (κ2) is 3.70. The lowest BCUT2D eigenvalue weighted by atomic mass is 10.4. The van der Waals surface area contributed by atoms with E-state index in [4.69, 9.17) is 4.42 Å². The monoisotopic (exact) mass is 238 g/mol. The molecule has 0 aromatic carbocycles. The zero-order chi connectivity index (χ0) is 12.6. The van der Waals surface area contributed by atoms with Crippen LogP contribution in [0.2, 0.25) is 0 Å². The van der Waals surface area contributed by atoms with Gasteiger partial charge in [-0.25, -0.2) is 9.55 Å². The van der Waals surface area contributed by atoms with Crippen molar-refractivity contribution in [2.24, 2.45) is 7.05 Å². The predicted octanol–water partition coefficient (Wildman–Crippen LogP) is 1.50. The maximum Gasteiger partial charge on any atom is 0.433 e. The van der Waals surface area contributed by atoms with Crippen molar-refractivity contribution in [1.29, 1.82) is 0 Å². The first-order valence-electron chi connectivity index (χ1n) is 4.41. The van der Waals surface area contributed by atoms with Crippen LogP contribution in [0.15, 0.2) is 22.7 Å². The van der Waals surface area contributed by atoms with Crippen LogP contribution < -0.4 is 0 Å². The molecule has 0 aliphatic carbocycles. The fourth-order valence-corrected chi connectivity index (χ4v) is 1.35. The van der Waals surface area contributed by atoms with Crippen molar-refractivity contribution < 1.29 is 14.3 Å². The molecule has 17 heavy (non-hydrogen) atoms. The van der Waals surface area contributed by atoms with Crippen LogP contribution in [-0.4, -0.2) is 19.4 Å². The van der Waals surface area contributed by atoms with Gasteiger partial charge in [-0.15, -0.1) is 0 Å². The largest absolute Gasteiger partial charge is 0.433 e. The van der Waals surface area contributed by atoms with Gasteiger partial charge in [0, 0.05) is 0 Å². The van der Waals surface area contributed by atoms with Gasteiger partial charge in [-0.3, -0.25) is 10.1 Å². The summed E-state index contributed by atoms with van der Waals surface area (Å²) in [5.74, 6) is -0.401. The van der Waals surface area contributed by atoms with Crippen molar-refractivity contribution in [3.8, 4) is 11.6 Å². The summed E-state index contributed by atoms with van der Waals surface area (Å²) in [4.78, 5) is 23.5. The summed E-state index contributed by atoms with van der Waals surface area (Å²) in [7, 11) is 1.43. The molecule has 88 valence electrons. The Kier molecular flexibility index (Phi) is 2.35. The van der Waals surface area contributed by atoms with E-state index in [0.29, 0.717) is 0 Å². The van der Waals surface area contributed by atoms with Gasteiger partial charge in [-0.1, -0.05) is 0 Å². The number of nitrogens with zero attached hydrogens (tertiary/aromatic N) is 4. The van der Waals surface area contributed by atoms with Crippen LogP contribution >= 0.6 is 0 Å². The summed E-state index contributed by atoms with van der Waals surface area (Å²) in [6, 6.07) is 2.50. The van der Waals surface area contributed by atoms with Crippen molar-refractivity contribution in [2.75, 3.05) is 0 Å². The predicted molar refractivity (Wildman–Crippen MR) is 54.2 cm³/mol. The number of hydrogen-bond donors (Lipinski definition) is 0. The van der Waals surface area contributed by atoms with Crippen molar-refractivity contribution >= 4 is 11.7 Å². The zero-order valence-corrected chi connectivity index (χ0v) is 8.56. The van der Waals surface area contributed by atoms with E-state index in [1.165, 1.54) is 17.7 Å². The Balaban J connectivity index is 2.46. The first-order chi connectivity index (χ1) is 8.00. The molecule has 0 aliphatic rings. The summed E-state index contributed by atoms with van der Waals surface area (Å²) in [6.45, 7) is 0. The van der Waals surface area contributed by atoms with Crippen molar-refractivity contribution in [3.05, 3.63) is 38.6 Å². The van der Waals surface area contributed by atoms with E-state index in [1.807, 2.05) is 0 Å². The highest BCUT2D eigenvalue weighted by atomic mass is 16.6. The molecule has 0 N–H and O–H groups in total. The van der Waals surface area contributed by atoms with Crippen LogP contribution in [0.5, 0.6) is 0 Å². The Morgan fingerprint density at radius 3 is 2.47 bits per heavy atom. The van der Waals surface area contributed by atoms with Gasteiger partial charge in [0.1, 0.15) is 11.1 Å². The molecule has 0 bridgehead atoms. The molecule has 2 aromatic heterocycles. The number of aromatic nitrogens is 2. The maximum absolute atomic E-state index is 10.6. The number of furan rings is 1. The molecule has 2 rings (SSSR count). The maximum atomic E-state index is 10.6. The lowest BCUT2D eigenvalue weighted by molar-refractivity contribution is -0.401. The number of imidazole rings is 1. The first kappa shape index (κ1) is 10.8. The Bertz CT molecular complexity index is 599. The van der Waals surface area contributed by atoms with Gasteiger partial charge in [0.2, 0.25) is 5.76 Å². The van der Waals surface area contributed by atoms with Crippen LogP contribution in [0, 0.1) is 20.2 Å². The highest BCUT2D eigenvalue weighted by molar-refractivity contribution is 5.52. The molecule has 0 fully saturated rings. The van der Waals surface area contributed by atoms with E-state index >= 15 is 0 Å². The highest BCUT2D eigenvalue weighted by Gasteiger charge is 2.22. The average Bonchev–Trinajstić information content (AvgIpc) is 2.82. The van der Waals surface area contributed by atoms with Crippen molar-refractivity contribution in [1.82, 2.24) is 9.55 Å².